The van der Waals surface area contributed by atoms with Gasteiger partial charge in [-0.05, 0) is 55.3 Å². The molecule has 39 heavy (non-hydrogen) atoms. The lowest BCUT2D eigenvalue weighted by atomic mass is 10.2. The Morgan fingerprint density at radius 2 is 1.28 bits per heavy atom. The fourth-order valence-corrected chi connectivity index (χ4v) is 1.32. The van der Waals surface area contributed by atoms with Gasteiger partial charge in [0.15, 0.2) is 0 Å². The number of aliphatic hydroxyl groups is 2. The molecular weight excluding hydrogens is 500 g/mol. The zero-order valence-electron chi connectivity index (χ0n) is 22.2. The molecule has 0 bridgehead atoms. The molecule has 2 aromatic carbocycles. The maximum atomic E-state index is 9.60. The average molecular weight is 539 g/mol. The third kappa shape index (κ3) is 37.7. The first-order valence-electron chi connectivity index (χ1n) is 11.1. The smallest absolute Gasteiger partial charge is 0.330 e. The predicted octanol–water partition coefficient (Wildman–Crippen LogP) is 4.87. The van der Waals surface area contributed by atoms with Gasteiger partial charge in [-0.25, -0.2) is 9.59 Å². The van der Waals surface area contributed by atoms with Crippen LogP contribution in [0.4, 0.5) is 0 Å². The van der Waals surface area contributed by atoms with Crippen LogP contribution in [0, 0.1) is 24.7 Å². The third-order valence-electron chi connectivity index (χ3n) is 3.29. The largest absolute Gasteiger partial charge is 0.508 e. The van der Waals surface area contributed by atoms with E-state index in [1.165, 1.54) is 6.92 Å². The van der Waals surface area contributed by atoms with Crippen LogP contribution < -0.4 is 0 Å². The van der Waals surface area contributed by atoms with E-state index in [9.17, 15) is 9.59 Å². The highest BCUT2D eigenvalue weighted by atomic mass is 16.4. The number of carboxylic acids is 2. The SMILES string of the molecule is C#CCCO.C#Cc1ccc(O)cc1.C=C(C)C(=O)O.C=CC(=O)O.C=CCCO.C=Cc1ccc(O)cc1. The zero-order chi connectivity index (χ0) is 31.1. The van der Waals surface area contributed by atoms with Crippen molar-refractivity contribution in [2.75, 3.05) is 13.2 Å². The molecular formula is C31H38O8. The summed E-state index contributed by atoms with van der Waals surface area (Å²) in [6.07, 6.45) is 15.2. The second-order valence-electron chi connectivity index (χ2n) is 6.59. The van der Waals surface area contributed by atoms with Crippen molar-refractivity contribution in [1.29, 1.82) is 0 Å². The van der Waals surface area contributed by atoms with E-state index in [1.54, 1.807) is 48.6 Å². The first kappa shape index (κ1) is 41.1. The quantitative estimate of drug-likeness (QED) is 0.173. The number of carbonyl (C=O) groups is 2. The molecule has 0 aromatic heterocycles. The molecule has 0 heterocycles. The number of rotatable bonds is 6. The lowest BCUT2D eigenvalue weighted by molar-refractivity contribution is -0.133. The van der Waals surface area contributed by atoms with Gasteiger partial charge in [0.05, 0.1) is 6.61 Å². The molecule has 0 radical (unpaired) electrons. The second kappa shape index (κ2) is 31.0. The number of hydrogen-bond donors (Lipinski definition) is 6. The number of benzene rings is 2. The van der Waals surface area contributed by atoms with E-state index in [4.69, 9.17) is 43.5 Å². The van der Waals surface area contributed by atoms with E-state index in [0.717, 1.165) is 17.2 Å². The van der Waals surface area contributed by atoms with Crippen molar-refractivity contribution in [1.82, 2.24) is 0 Å². The van der Waals surface area contributed by atoms with Gasteiger partial charge in [-0.1, -0.05) is 49.9 Å². The summed E-state index contributed by atoms with van der Waals surface area (Å²) in [7, 11) is 0. The molecule has 0 spiro atoms. The van der Waals surface area contributed by atoms with Crippen LogP contribution in [0.1, 0.15) is 30.9 Å². The summed E-state index contributed by atoms with van der Waals surface area (Å²) in [6.45, 7) is 14.9. The number of terminal acetylenes is 2. The molecule has 0 atom stereocenters. The molecule has 6 N–H and O–H groups in total. The van der Waals surface area contributed by atoms with Crippen molar-refractivity contribution in [3.63, 3.8) is 0 Å². The molecule has 0 unspecified atom stereocenters. The summed E-state index contributed by atoms with van der Waals surface area (Å²) in [6, 6.07) is 13.4. The second-order valence-corrected chi connectivity index (χ2v) is 6.59. The van der Waals surface area contributed by atoms with Crippen LogP contribution in [0.2, 0.25) is 0 Å². The Balaban J connectivity index is -0.000000193. The highest BCUT2D eigenvalue weighted by Gasteiger charge is 1.90. The van der Waals surface area contributed by atoms with E-state index < -0.39 is 11.9 Å². The fraction of sp³-hybridized carbons (Fsp3) is 0.161. The number of hydrogen-bond acceptors (Lipinski definition) is 6. The summed E-state index contributed by atoms with van der Waals surface area (Å²) in [5.41, 5.74) is 1.98. The van der Waals surface area contributed by atoms with Crippen LogP contribution in [0.5, 0.6) is 11.5 Å². The molecule has 210 valence electrons. The van der Waals surface area contributed by atoms with E-state index in [-0.39, 0.29) is 24.5 Å². The lowest BCUT2D eigenvalue weighted by Crippen LogP contribution is -1.92. The number of aromatic hydroxyl groups is 2. The third-order valence-corrected chi connectivity index (χ3v) is 3.29. The molecule has 0 saturated carbocycles. The molecule has 0 aliphatic carbocycles. The van der Waals surface area contributed by atoms with E-state index in [1.807, 2.05) is 12.1 Å². The van der Waals surface area contributed by atoms with Gasteiger partial charge in [0.2, 0.25) is 0 Å². The van der Waals surface area contributed by atoms with Gasteiger partial charge in [0.1, 0.15) is 11.5 Å². The molecule has 8 nitrogen and oxygen atoms in total. The van der Waals surface area contributed by atoms with Crippen LogP contribution in [-0.2, 0) is 9.59 Å². The molecule has 0 saturated heterocycles. The van der Waals surface area contributed by atoms with Crippen molar-refractivity contribution in [3.05, 3.63) is 104 Å². The normalized spacial score (nSPS) is 7.72. The minimum Gasteiger partial charge on any atom is -0.508 e. The number of aliphatic hydroxyl groups excluding tert-OH is 2. The van der Waals surface area contributed by atoms with Crippen LogP contribution in [0.15, 0.2) is 92.6 Å². The molecule has 8 heteroatoms. The highest BCUT2D eigenvalue weighted by molar-refractivity contribution is 5.84. The Labute approximate surface area is 231 Å². The van der Waals surface area contributed by atoms with Crippen LogP contribution >= 0.6 is 0 Å². The molecule has 2 aromatic rings. The van der Waals surface area contributed by atoms with Crippen molar-refractivity contribution >= 4 is 18.0 Å². The molecule has 0 aliphatic heterocycles. The highest BCUT2D eigenvalue weighted by Crippen LogP contribution is 2.09. The first-order valence-corrected chi connectivity index (χ1v) is 11.1. The van der Waals surface area contributed by atoms with E-state index >= 15 is 0 Å². The van der Waals surface area contributed by atoms with Gasteiger partial charge < -0.3 is 30.6 Å². The number of phenols is 2. The summed E-state index contributed by atoms with van der Waals surface area (Å²) in [4.78, 5) is 18.8. The summed E-state index contributed by atoms with van der Waals surface area (Å²) in [5.74, 6) is 3.33. The first-order chi connectivity index (χ1) is 18.4. The predicted molar refractivity (Wildman–Crippen MR) is 157 cm³/mol. The Morgan fingerprint density at radius 1 is 0.872 bits per heavy atom. The topological polar surface area (TPSA) is 156 Å². The minimum absolute atomic E-state index is 0.108. The van der Waals surface area contributed by atoms with Crippen molar-refractivity contribution < 1.29 is 40.2 Å². The summed E-state index contributed by atoms with van der Waals surface area (Å²) >= 11 is 0. The molecule has 0 amide bonds. The van der Waals surface area contributed by atoms with Crippen molar-refractivity contribution in [3.8, 4) is 36.2 Å². The standard InChI is InChI=1S/C8H8O.C8H6O.C4H6O2.C4H8O.C4H6O.C3H4O2/c2*1-2-7-3-5-8(9)6-4-7;1-3(2)4(5)6;2*1-2-3-4-5;1-2-3(4)5/h2-6,9H,1H2;1,3-6,9H;1H2,2H3,(H,5,6);2,5H,1,3-4H2;1,5H,3-4H2;2H,1H2,(H,4,5). The van der Waals surface area contributed by atoms with Crippen molar-refractivity contribution in [2.45, 2.75) is 19.8 Å². The summed E-state index contributed by atoms with van der Waals surface area (Å²) in [5, 5.41) is 49.0. The fourth-order valence-electron chi connectivity index (χ4n) is 1.32. The van der Waals surface area contributed by atoms with E-state index in [0.29, 0.717) is 18.6 Å². The molecule has 0 aliphatic rings. The minimum atomic E-state index is -0.981. The average Bonchev–Trinajstić information content (AvgIpc) is 2.92. The maximum absolute atomic E-state index is 9.60. The molecule has 2 rings (SSSR count). The van der Waals surface area contributed by atoms with Crippen LogP contribution in [0.3, 0.4) is 0 Å². The molecule has 0 fully saturated rings. The Morgan fingerprint density at radius 3 is 1.46 bits per heavy atom. The lowest BCUT2D eigenvalue weighted by Gasteiger charge is -1.90. The monoisotopic (exact) mass is 538 g/mol. The van der Waals surface area contributed by atoms with Gasteiger partial charge in [-0.2, -0.15) is 0 Å². The maximum Gasteiger partial charge on any atom is 0.330 e. The van der Waals surface area contributed by atoms with Gasteiger partial charge in [0.25, 0.3) is 0 Å². The van der Waals surface area contributed by atoms with Gasteiger partial charge in [-0.15, -0.1) is 25.3 Å². The van der Waals surface area contributed by atoms with Crippen molar-refractivity contribution in [2.24, 2.45) is 0 Å². The van der Waals surface area contributed by atoms with Crippen LogP contribution in [-0.4, -0.2) is 55.8 Å². The Hall–Kier alpha value is -5.02. The van der Waals surface area contributed by atoms with Gasteiger partial charge in [-0.3, -0.25) is 0 Å². The zero-order valence-corrected chi connectivity index (χ0v) is 22.2. The van der Waals surface area contributed by atoms with Gasteiger partial charge >= 0.3 is 11.9 Å². The van der Waals surface area contributed by atoms with Crippen LogP contribution in [0.25, 0.3) is 6.08 Å². The van der Waals surface area contributed by atoms with Gasteiger partial charge in [0, 0.05) is 30.2 Å². The number of aliphatic carboxylic acids is 2. The number of phenolic OH excluding ortho intramolecular Hbond substituents is 2. The van der Waals surface area contributed by atoms with E-state index in [2.05, 4.69) is 38.2 Å². The number of carboxylic acid groups (broad SMARTS) is 2. The Bertz CT molecular complexity index is 1030. The summed E-state index contributed by atoms with van der Waals surface area (Å²) < 4.78 is 0. The Kier molecular flexibility index (Phi) is 32.7.